The average Bonchev–Trinajstić information content (AvgIpc) is 3.13. The van der Waals surface area contributed by atoms with Gasteiger partial charge in [0, 0.05) is 50.4 Å². The standard InChI is InChI=1S/C19H28N4O3S/c1-2-3-4-5-6-9-18(24)22-11-13-23(14-12-22)27(25,26)17-15-21-19-16(17)8-7-10-20-19/h7-8,10,15H,2-6,9,11-14H2,1H3,(H,20,21). The number of aromatic nitrogens is 2. The van der Waals surface area contributed by atoms with Gasteiger partial charge in [0.1, 0.15) is 10.5 Å². The van der Waals surface area contributed by atoms with Crippen LogP contribution >= 0.6 is 0 Å². The summed E-state index contributed by atoms with van der Waals surface area (Å²) in [4.78, 5) is 21.4. The Bertz CT molecular complexity index is 870. The van der Waals surface area contributed by atoms with Gasteiger partial charge in [0.25, 0.3) is 0 Å². The molecule has 1 aliphatic rings. The molecule has 148 valence electrons. The molecule has 0 radical (unpaired) electrons. The van der Waals surface area contributed by atoms with Crippen molar-refractivity contribution in [3.63, 3.8) is 0 Å². The number of rotatable bonds is 8. The molecular formula is C19H28N4O3S. The highest BCUT2D eigenvalue weighted by atomic mass is 32.2. The SMILES string of the molecule is CCCCCCCC(=O)N1CCN(S(=O)(=O)c2c[nH]c3ncccc23)CC1. The Morgan fingerprint density at radius 2 is 1.89 bits per heavy atom. The molecule has 1 saturated heterocycles. The Balaban J connectivity index is 1.56. The van der Waals surface area contributed by atoms with Crippen LogP contribution in [-0.2, 0) is 14.8 Å². The Hall–Kier alpha value is -1.93. The van der Waals surface area contributed by atoms with Crippen molar-refractivity contribution >= 4 is 27.0 Å². The second-order valence-electron chi connectivity index (χ2n) is 7.00. The van der Waals surface area contributed by atoms with Gasteiger partial charge in [0.2, 0.25) is 15.9 Å². The van der Waals surface area contributed by atoms with Gasteiger partial charge in [-0.25, -0.2) is 13.4 Å². The molecule has 8 heteroatoms. The Morgan fingerprint density at radius 3 is 2.63 bits per heavy atom. The second kappa shape index (κ2) is 8.84. The van der Waals surface area contributed by atoms with Crippen LogP contribution in [0.25, 0.3) is 11.0 Å². The van der Waals surface area contributed by atoms with Gasteiger partial charge in [0.05, 0.1) is 0 Å². The van der Waals surface area contributed by atoms with E-state index in [1.165, 1.54) is 29.8 Å². The van der Waals surface area contributed by atoms with Gasteiger partial charge in [0.15, 0.2) is 0 Å². The molecule has 7 nitrogen and oxygen atoms in total. The maximum atomic E-state index is 13.0. The summed E-state index contributed by atoms with van der Waals surface area (Å²) in [6, 6.07) is 3.48. The van der Waals surface area contributed by atoms with E-state index in [-0.39, 0.29) is 10.8 Å². The Morgan fingerprint density at radius 1 is 1.15 bits per heavy atom. The molecule has 0 aromatic carbocycles. The van der Waals surface area contributed by atoms with Crippen molar-refractivity contribution in [1.82, 2.24) is 19.2 Å². The Kier molecular flexibility index (Phi) is 6.49. The lowest BCUT2D eigenvalue weighted by Crippen LogP contribution is -2.50. The van der Waals surface area contributed by atoms with E-state index in [4.69, 9.17) is 0 Å². The molecule has 0 aliphatic carbocycles. The summed E-state index contributed by atoms with van der Waals surface area (Å²) in [6.07, 6.45) is 9.27. The number of sulfonamides is 1. The summed E-state index contributed by atoms with van der Waals surface area (Å²) in [7, 11) is -3.60. The molecule has 1 fully saturated rings. The van der Waals surface area contributed by atoms with Crippen molar-refractivity contribution < 1.29 is 13.2 Å². The number of hydrogen-bond acceptors (Lipinski definition) is 4. The molecule has 3 rings (SSSR count). The van der Waals surface area contributed by atoms with Crippen molar-refractivity contribution in [3.8, 4) is 0 Å². The van der Waals surface area contributed by atoms with E-state index in [0.717, 1.165) is 12.8 Å². The minimum atomic E-state index is -3.60. The summed E-state index contributed by atoms with van der Waals surface area (Å²) in [5.41, 5.74) is 0.563. The molecule has 1 aliphatic heterocycles. The highest BCUT2D eigenvalue weighted by Crippen LogP contribution is 2.25. The summed E-state index contributed by atoms with van der Waals surface area (Å²) in [6.45, 7) is 3.74. The zero-order valence-corrected chi connectivity index (χ0v) is 16.7. The number of carbonyl (C=O) groups is 1. The van der Waals surface area contributed by atoms with Crippen LogP contribution in [0.2, 0.25) is 0 Å². The summed E-state index contributed by atoms with van der Waals surface area (Å²) in [5, 5.41) is 0.600. The number of hydrogen-bond donors (Lipinski definition) is 1. The number of amides is 1. The van der Waals surface area contributed by atoms with Crippen molar-refractivity contribution in [2.45, 2.75) is 50.3 Å². The van der Waals surface area contributed by atoms with Crippen LogP contribution in [0.5, 0.6) is 0 Å². The lowest BCUT2D eigenvalue weighted by Gasteiger charge is -2.34. The maximum Gasteiger partial charge on any atom is 0.245 e. The molecule has 3 heterocycles. The first-order valence-electron chi connectivity index (χ1n) is 9.74. The number of fused-ring (bicyclic) bond motifs is 1. The van der Waals surface area contributed by atoms with Crippen LogP contribution in [0.15, 0.2) is 29.4 Å². The largest absolute Gasteiger partial charge is 0.345 e. The van der Waals surface area contributed by atoms with Crippen LogP contribution in [0.3, 0.4) is 0 Å². The third-order valence-corrected chi connectivity index (χ3v) is 7.06. The highest BCUT2D eigenvalue weighted by molar-refractivity contribution is 7.89. The first kappa shape index (κ1) is 19.8. The molecule has 2 aromatic heterocycles. The van der Waals surface area contributed by atoms with Crippen LogP contribution in [0.1, 0.15) is 45.4 Å². The molecule has 0 atom stereocenters. The fourth-order valence-electron chi connectivity index (χ4n) is 3.50. The van der Waals surface area contributed by atoms with Gasteiger partial charge in [-0.1, -0.05) is 32.6 Å². The van der Waals surface area contributed by atoms with Crippen molar-refractivity contribution in [2.24, 2.45) is 0 Å². The van der Waals surface area contributed by atoms with Crippen LogP contribution in [0, 0.1) is 0 Å². The minimum absolute atomic E-state index is 0.139. The molecule has 27 heavy (non-hydrogen) atoms. The molecule has 1 amide bonds. The number of aromatic amines is 1. The van der Waals surface area contributed by atoms with Crippen molar-refractivity contribution in [2.75, 3.05) is 26.2 Å². The monoisotopic (exact) mass is 392 g/mol. The number of H-pyrrole nitrogens is 1. The van der Waals surface area contributed by atoms with Gasteiger partial charge in [-0.3, -0.25) is 4.79 Å². The minimum Gasteiger partial charge on any atom is -0.345 e. The molecular weight excluding hydrogens is 364 g/mol. The van der Waals surface area contributed by atoms with E-state index in [1.807, 2.05) is 0 Å². The van der Waals surface area contributed by atoms with E-state index in [0.29, 0.717) is 43.6 Å². The molecule has 1 N–H and O–H groups in total. The van der Waals surface area contributed by atoms with Crippen LogP contribution < -0.4 is 0 Å². The van der Waals surface area contributed by atoms with Gasteiger partial charge in [-0.2, -0.15) is 4.31 Å². The van der Waals surface area contributed by atoms with E-state index in [2.05, 4.69) is 16.9 Å². The topological polar surface area (TPSA) is 86.4 Å². The number of nitrogens with one attached hydrogen (secondary N) is 1. The summed E-state index contributed by atoms with van der Waals surface area (Å²) in [5.74, 6) is 0.139. The lowest BCUT2D eigenvalue weighted by atomic mass is 10.1. The molecule has 2 aromatic rings. The van der Waals surface area contributed by atoms with Crippen LogP contribution in [-0.4, -0.2) is 59.7 Å². The van der Waals surface area contributed by atoms with E-state index in [9.17, 15) is 13.2 Å². The number of pyridine rings is 1. The molecule has 0 spiro atoms. The third kappa shape index (κ3) is 4.50. The number of carbonyl (C=O) groups excluding carboxylic acids is 1. The first-order chi connectivity index (χ1) is 13.0. The third-order valence-electron chi connectivity index (χ3n) is 5.12. The number of piperazine rings is 1. The van der Waals surface area contributed by atoms with Gasteiger partial charge >= 0.3 is 0 Å². The Labute approximate surface area is 160 Å². The predicted octanol–water partition coefficient (Wildman–Crippen LogP) is 2.76. The molecule has 0 unspecified atom stereocenters. The quantitative estimate of drug-likeness (QED) is 0.700. The average molecular weight is 393 g/mol. The van der Waals surface area contributed by atoms with E-state index in [1.54, 1.807) is 23.2 Å². The van der Waals surface area contributed by atoms with Crippen LogP contribution in [0.4, 0.5) is 0 Å². The molecule has 0 bridgehead atoms. The van der Waals surface area contributed by atoms with E-state index >= 15 is 0 Å². The predicted molar refractivity (Wildman–Crippen MR) is 105 cm³/mol. The zero-order valence-electron chi connectivity index (χ0n) is 15.9. The zero-order chi connectivity index (χ0) is 19.3. The second-order valence-corrected chi connectivity index (χ2v) is 8.91. The smallest absolute Gasteiger partial charge is 0.245 e. The summed E-state index contributed by atoms with van der Waals surface area (Å²) >= 11 is 0. The first-order valence-corrected chi connectivity index (χ1v) is 11.2. The lowest BCUT2D eigenvalue weighted by molar-refractivity contribution is -0.132. The fourth-order valence-corrected chi connectivity index (χ4v) is 5.07. The van der Waals surface area contributed by atoms with Gasteiger partial charge < -0.3 is 9.88 Å². The normalized spacial score (nSPS) is 16.1. The van der Waals surface area contributed by atoms with Gasteiger partial charge in [-0.05, 0) is 18.6 Å². The summed E-state index contributed by atoms with van der Waals surface area (Å²) < 4.78 is 27.4. The van der Waals surface area contributed by atoms with Gasteiger partial charge in [-0.15, -0.1) is 0 Å². The van der Waals surface area contributed by atoms with Crippen molar-refractivity contribution in [3.05, 3.63) is 24.5 Å². The van der Waals surface area contributed by atoms with Crippen molar-refractivity contribution in [1.29, 1.82) is 0 Å². The highest BCUT2D eigenvalue weighted by Gasteiger charge is 2.31. The number of nitrogens with zero attached hydrogens (tertiary/aromatic N) is 3. The molecule has 0 saturated carbocycles. The fraction of sp³-hybridized carbons (Fsp3) is 0.579. The maximum absolute atomic E-state index is 13.0. The number of unbranched alkanes of at least 4 members (excludes halogenated alkanes) is 4. The van der Waals surface area contributed by atoms with E-state index < -0.39 is 10.0 Å².